The molecule has 0 aliphatic rings. The van der Waals surface area contributed by atoms with Crippen LogP contribution in [0.15, 0.2) is 36.4 Å². The average Bonchev–Trinajstić information content (AvgIpc) is 2.20. The number of hydrogen-bond acceptors (Lipinski definition) is 3. The van der Waals surface area contributed by atoms with Crippen molar-refractivity contribution in [3.63, 3.8) is 0 Å². The molecule has 0 spiro atoms. The van der Waals surface area contributed by atoms with E-state index in [9.17, 15) is 9.00 Å². The monoisotopic (exact) mass is 241 g/mol. The summed E-state index contributed by atoms with van der Waals surface area (Å²) in [6.07, 6.45) is 0. The molecule has 0 bridgehead atoms. The molecule has 0 radical (unpaired) electrons. The molecule has 1 atom stereocenters. The van der Waals surface area contributed by atoms with Crippen LogP contribution in [0.5, 0.6) is 5.75 Å². The van der Waals surface area contributed by atoms with Crippen LogP contribution < -0.4 is 9.46 Å². The predicted octanol–water partition coefficient (Wildman–Crippen LogP) is 1.72. The van der Waals surface area contributed by atoms with Gasteiger partial charge in [-0.2, -0.15) is 0 Å². The Kier molecular flexibility index (Phi) is 4.21. The predicted molar refractivity (Wildman–Crippen MR) is 61.3 cm³/mol. The highest BCUT2D eigenvalue weighted by Gasteiger charge is 2.05. The molecule has 0 aromatic heterocycles. The van der Waals surface area contributed by atoms with E-state index in [1.54, 1.807) is 6.92 Å². The molecular formula is C10H11NO4S. The number of hydrogen-bond donors (Lipinski definition) is 2. The van der Waals surface area contributed by atoms with Gasteiger partial charge in [0, 0.05) is 11.3 Å². The maximum Gasteiger partial charge on any atom is 0.338 e. The fourth-order valence-electron chi connectivity index (χ4n) is 0.886. The molecule has 16 heavy (non-hydrogen) atoms. The summed E-state index contributed by atoms with van der Waals surface area (Å²) in [5.74, 6) is -0.159. The summed E-state index contributed by atoms with van der Waals surface area (Å²) in [4.78, 5) is 11.1. The first-order valence-electron chi connectivity index (χ1n) is 4.34. The highest BCUT2D eigenvalue weighted by molar-refractivity contribution is 7.80. The molecule has 6 heteroatoms. The molecule has 0 aliphatic heterocycles. The third kappa shape index (κ3) is 3.84. The molecule has 1 rings (SSSR count). The lowest BCUT2D eigenvalue weighted by molar-refractivity contribution is -0.130. The Morgan fingerprint density at radius 1 is 1.44 bits per heavy atom. The van der Waals surface area contributed by atoms with Crippen LogP contribution in [0.25, 0.3) is 0 Å². The van der Waals surface area contributed by atoms with E-state index in [4.69, 9.17) is 9.29 Å². The van der Waals surface area contributed by atoms with E-state index in [1.807, 2.05) is 0 Å². The Morgan fingerprint density at radius 3 is 2.44 bits per heavy atom. The third-order valence-electron chi connectivity index (χ3n) is 1.62. The summed E-state index contributed by atoms with van der Waals surface area (Å²) in [6, 6.07) is 6.07. The number of anilines is 1. The van der Waals surface area contributed by atoms with E-state index in [-0.39, 0.29) is 0 Å². The van der Waals surface area contributed by atoms with Crippen LogP contribution in [0, 0.1) is 0 Å². The Bertz CT molecular complexity index is 427. The van der Waals surface area contributed by atoms with Crippen LogP contribution >= 0.6 is 0 Å². The van der Waals surface area contributed by atoms with E-state index in [1.165, 1.54) is 24.3 Å². The van der Waals surface area contributed by atoms with E-state index in [0.29, 0.717) is 17.0 Å². The van der Waals surface area contributed by atoms with Crippen LogP contribution in [-0.2, 0) is 16.1 Å². The summed E-state index contributed by atoms with van der Waals surface area (Å²) in [5.41, 5.74) is 0.759. The second-order valence-corrected chi connectivity index (χ2v) is 3.75. The zero-order chi connectivity index (χ0) is 12.1. The van der Waals surface area contributed by atoms with Gasteiger partial charge in [0.05, 0.1) is 0 Å². The Hall–Kier alpha value is -1.66. The molecule has 0 fully saturated rings. The number of ether oxygens (including phenoxy) is 1. The summed E-state index contributed by atoms with van der Waals surface area (Å²) in [6.45, 7) is 5.00. The minimum atomic E-state index is -2.11. The minimum Gasteiger partial charge on any atom is -0.423 e. The number of rotatable bonds is 4. The fourth-order valence-corrected chi connectivity index (χ4v) is 1.22. The van der Waals surface area contributed by atoms with Crippen molar-refractivity contribution < 1.29 is 18.3 Å². The molecule has 0 heterocycles. The van der Waals surface area contributed by atoms with Gasteiger partial charge in [0.2, 0.25) is 0 Å². The summed E-state index contributed by atoms with van der Waals surface area (Å²) >= 11 is -2.11. The fraction of sp³-hybridized carbons (Fsp3) is 0.100. The molecule has 0 saturated carbocycles. The SMILES string of the molecule is C=C(C)C(=O)Oc1ccc(NS(=O)O)cc1. The molecule has 0 aliphatic carbocycles. The van der Waals surface area contributed by atoms with Crippen molar-refractivity contribution in [2.75, 3.05) is 4.72 Å². The Labute approximate surface area is 95.5 Å². The van der Waals surface area contributed by atoms with Crippen molar-refractivity contribution in [1.29, 1.82) is 0 Å². The smallest absolute Gasteiger partial charge is 0.338 e. The molecule has 0 amide bonds. The Morgan fingerprint density at radius 2 is 2.00 bits per heavy atom. The van der Waals surface area contributed by atoms with Crippen molar-refractivity contribution >= 4 is 22.9 Å². The molecule has 1 aromatic carbocycles. The first kappa shape index (κ1) is 12.4. The summed E-state index contributed by atoms with van der Waals surface area (Å²) in [5, 5.41) is 0. The van der Waals surface area contributed by atoms with E-state index < -0.39 is 17.2 Å². The largest absolute Gasteiger partial charge is 0.423 e. The lowest BCUT2D eigenvalue weighted by atomic mass is 10.3. The highest BCUT2D eigenvalue weighted by atomic mass is 32.2. The molecular weight excluding hydrogens is 230 g/mol. The van der Waals surface area contributed by atoms with Crippen LogP contribution in [0.1, 0.15) is 6.92 Å². The van der Waals surface area contributed by atoms with E-state index >= 15 is 0 Å². The maximum absolute atomic E-state index is 11.1. The first-order chi connectivity index (χ1) is 7.49. The molecule has 1 aromatic rings. The van der Waals surface area contributed by atoms with Crippen molar-refractivity contribution in [3.8, 4) is 5.75 Å². The normalized spacial score (nSPS) is 11.6. The van der Waals surface area contributed by atoms with Crippen LogP contribution in [0.3, 0.4) is 0 Å². The van der Waals surface area contributed by atoms with Gasteiger partial charge < -0.3 is 4.74 Å². The number of nitrogens with one attached hydrogen (secondary N) is 1. The lowest BCUT2D eigenvalue weighted by Crippen LogP contribution is -2.08. The second kappa shape index (κ2) is 5.43. The van der Waals surface area contributed by atoms with Gasteiger partial charge in [0.15, 0.2) is 0 Å². The quantitative estimate of drug-likeness (QED) is 0.364. The minimum absolute atomic E-state index is 0.304. The van der Waals surface area contributed by atoms with Gasteiger partial charge >= 0.3 is 5.97 Å². The van der Waals surface area contributed by atoms with Crippen LogP contribution in [0.4, 0.5) is 5.69 Å². The van der Waals surface area contributed by atoms with Gasteiger partial charge in [0.1, 0.15) is 5.75 Å². The van der Waals surface area contributed by atoms with Crippen molar-refractivity contribution in [1.82, 2.24) is 0 Å². The molecule has 5 nitrogen and oxygen atoms in total. The lowest BCUT2D eigenvalue weighted by Gasteiger charge is -2.05. The number of esters is 1. The standard InChI is InChI=1S/C10H11NO4S/c1-7(2)10(12)15-9-5-3-8(4-6-9)11-16(13)14/h3-6,11H,1H2,2H3,(H,13,14). The van der Waals surface area contributed by atoms with Gasteiger partial charge in [-0.15, -0.1) is 0 Å². The van der Waals surface area contributed by atoms with Gasteiger partial charge in [0.25, 0.3) is 11.3 Å². The van der Waals surface area contributed by atoms with Crippen molar-refractivity contribution in [2.45, 2.75) is 6.92 Å². The van der Waals surface area contributed by atoms with Gasteiger partial charge in [-0.05, 0) is 31.2 Å². The zero-order valence-electron chi connectivity index (χ0n) is 8.60. The maximum atomic E-state index is 11.1. The summed E-state index contributed by atoms with van der Waals surface area (Å²) in [7, 11) is 0. The van der Waals surface area contributed by atoms with E-state index in [0.717, 1.165) is 0 Å². The van der Waals surface area contributed by atoms with Gasteiger partial charge in [-0.25, -0.2) is 9.00 Å². The van der Waals surface area contributed by atoms with Crippen molar-refractivity contribution in [3.05, 3.63) is 36.4 Å². The molecule has 0 saturated heterocycles. The number of carbonyl (C=O) groups is 1. The Balaban J connectivity index is 2.68. The molecule has 1 unspecified atom stereocenters. The molecule has 86 valence electrons. The van der Waals surface area contributed by atoms with Gasteiger partial charge in [-0.1, -0.05) is 6.58 Å². The van der Waals surface area contributed by atoms with Gasteiger partial charge in [-0.3, -0.25) is 9.27 Å². The zero-order valence-corrected chi connectivity index (χ0v) is 9.41. The topological polar surface area (TPSA) is 75.6 Å². The second-order valence-electron chi connectivity index (χ2n) is 3.05. The highest BCUT2D eigenvalue weighted by Crippen LogP contribution is 2.16. The van der Waals surface area contributed by atoms with Crippen molar-refractivity contribution in [2.24, 2.45) is 0 Å². The number of benzene rings is 1. The van der Waals surface area contributed by atoms with Crippen LogP contribution in [-0.4, -0.2) is 14.7 Å². The van der Waals surface area contributed by atoms with Crippen LogP contribution in [0.2, 0.25) is 0 Å². The average molecular weight is 241 g/mol. The van der Waals surface area contributed by atoms with E-state index in [2.05, 4.69) is 11.3 Å². The first-order valence-corrected chi connectivity index (χ1v) is 5.45. The molecule has 2 N–H and O–H groups in total. The summed E-state index contributed by atoms with van der Waals surface area (Å²) < 4.78 is 26.2. The number of carbonyl (C=O) groups excluding carboxylic acids is 1. The third-order valence-corrected chi connectivity index (χ3v) is 2.03.